The van der Waals surface area contributed by atoms with Crippen LogP contribution in [-0.2, 0) is 22.5 Å². The third-order valence-electron chi connectivity index (χ3n) is 2.23. The van der Waals surface area contributed by atoms with E-state index in [0.717, 1.165) is 21.2 Å². The van der Waals surface area contributed by atoms with E-state index in [2.05, 4.69) is 32.3 Å². The van der Waals surface area contributed by atoms with Gasteiger partial charge in [-0.2, -0.15) is 0 Å². The Morgan fingerprint density at radius 3 is 3.05 bits per heavy atom. The van der Waals surface area contributed by atoms with Crippen LogP contribution in [0.2, 0.25) is 0 Å². The van der Waals surface area contributed by atoms with Crippen LogP contribution in [0.1, 0.15) is 17.5 Å². The molecular formula is C12H13BrN2O2S2. The summed E-state index contributed by atoms with van der Waals surface area (Å²) in [4.78, 5) is 16.9. The Morgan fingerprint density at radius 1 is 1.53 bits per heavy atom. The molecule has 4 nitrogen and oxygen atoms in total. The highest BCUT2D eigenvalue weighted by atomic mass is 79.9. The molecule has 0 amide bonds. The first kappa shape index (κ1) is 14.5. The van der Waals surface area contributed by atoms with Crippen molar-refractivity contribution < 1.29 is 9.53 Å². The van der Waals surface area contributed by atoms with Gasteiger partial charge in [0.2, 0.25) is 0 Å². The van der Waals surface area contributed by atoms with Gasteiger partial charge in [-0.1, -0.05) is 0 Å². The number of nitrogens with one attached hydrogen (secondary N) is 1. The third-order valence-corrected chi connectivity index (χ3v) is 4.70. The van der Waals surface area contributed by atoms with Crippen LogP contribution in [0.5, 0.6) is 0 Å². The minimum atomic E-state index is -0.235. The standard InChI is InChI=1S/C12H13BrN2O2S2/c1-2-17-11(16)5-8-7-18-12(15-8)14-6-9-3-4-10(13)19-9/h3-4,7H,2,5-6H2,1H3,(H,14,15). The maximum absolute atomic E-state index is 11.3. The molecule has 0 bridgehead atoms. The molecule has 0 saturated heterocycles. The number of carbonyl (C=O) groups excluding carboxylic acids is 1. The first-order valence-corrected chi connectivity index (χ1v) is 8.24. The smallest absolute Gasteiger partial charge is 0.311 e. The van der Waals surface area contributed by atoms with Gasteiger partial charge in [-0.05, 0) is 35.0 Å². The van der Waals surface area contributed by atoms with Crippen LogP contribution in [0, 0.1) is 0 Å². The Bertz CT molecular complexity index is 553. The number of hydrogen-bond donors (Lipinski definition) is 1. The second-order valence-corrected chi connectivity index (χ2v) is 7.09. The van der Waals surface area contributed by atoms with Gasteiger partial charge in [-0.25, -0.2) is 4.98 Å². The number of rotatable bonds is 6. The number of esters is 1. The van der Waals surface area contributed by atoms with E-state index >= 15 is 0 Å². The number of aromatic nitrogens is 1. The van der Waals surface area contributed by atoms with Crippen molar-refractivity contribution in [3.05, 3.63) is 31.9 Å². The lowest BCUT2D eigenvalue weighted by atomic mass is 10.3. The maximum Gasteiger partial charge on any atom is 0.311 e. The summed E-state index contributed by atoms with van der Waals surface area (Å²) in [6.07, 6.45) is 0.233. The van der Waals surface area contributed by atoms with Gasteiger partial charge >= 0.3 is 5.97 Å². The van der Waals surface area contributed by atoms with Crippen molar-refractivity contribution in [1.82, 2.24) is 4.98 Å². The van der Waals surface area contributed by atoms with Crippen molar-refractivity contribution in [2.45, 2.75) is 19.9 Å². The van der Waals surface area contributed by atoms with E-state index in [1.54, 1.807) is 18.3 Å². The van der Waals surface area contributed by atoms with E-state index in [-0.39, 0.29) is 12.4 Å². The molecule has 0 saturated carbocycles. The Hall–Kier alpha value is -0.920. The molecule has 0 atom stereocenters. The number of halogens is 1. The molecule has 0 aliphatic rings. The quantitative estimate of drug-likeness (QED) is 0.798. The molecule has 0 aliphatic heterocycles. The van der Waals surface area contributed by atoms with Gasteiger partial charge in [-0.3, -0.25) is 4.79 Å². The number of hydrogen-bond acceptors (Lipinski definition) is 6. The molecule has 0 fully saturated rings. The zero-order valence-corrected chi connectivity index (χ0v) is 13.5. The fraction of sp³-hybridized carbons (Fsp3) is 0.333. The minimum Gasteiger partial charge on any atom is -0.466 e. The predicted molar refractivity (Wildman–Crippen MR) is 81.8 cm³/mol. The van der Waals surface area contributed by atoms with E-state index in [1.807, 2.05) is 11.4 Å². The van der Waals surface area contributed by atoms with Gasteiger partial charge in [0.05, 0.1) is 29.1 Å². The molecule has 102 valence electrons. The van der Waals surface area contributed by atoms with E-state index in [1.165, 1.54) is 16.2 Å². The van der Waals surface area contributed by atoms with Crippen LogP contribution in [-0.4, -0.2) is 17.6 Å². The Balaban J connectivity index is 1.85. The first-order chi connectivity index (χ1) is 9.17. The van der Waals surface area contributed by atoms with Crippen molar-refractivity contribution in [2.75, 3.05) is 11.9 Å². The monoisotopic (exact) mass is 360 g/mol. The number of anilines is 1. The van der Waals surface area contributed by atoms with Crippen LogP contribution in [0.15, 0.2) is 21.3 Å². The van der Waals surface area contributed by atoms with Gasteiger partial charge in [0.15, 0.2) is 5.13 Å². The van der Waals surface area contributed by atoms with Gasteiger partial charge < -0.3 is 10.1 Å². The van der Waals surface area contributed by atoms with E-state index in [0.29, 0.717) is 6.61 Å². The van der Waals surface area contributed by atoms with Crippen LogP contribution < -0.4 is 5.32 Å². The molecule has 0 aliphatic carbocycles. The largest absolute Gasteiger partial charge is 0.466 e. The minimum absolute atomic E-state index is 0.233. The van der Waals surface area contributed by atoms with Gasteiger partial charge in [0, 0.05) is 10.3 Å². The van der Waals surface area contributed by atoms with Crippen LogP contribution in [0.4, 0.5) is 5.13 Å². The lowest BCUT2D eigenvalue weighted by Gasteiger charge is -2.00. The number of ether oxygens (including phenoxy) is 1. The van der Waals surface area contributed by atoms with Crippen molar-refractivity contribution in [1.29, 1.82) is 0 Å². The van der Waals surface area contributed by atoms with Crippen molar-refractivity contribution in [2.24, 2.45) is 0 Å². The molecular weight excluding hydrogens is 348 g/mol. The Labute approximate surface area is 128 Å². The lowest BCUT2D eigenvalue weighted by molar-refractivity contribution is -0.142. The summed E-state index contributed by atoms with van der Waals surface area (Å²) >= 11 is 6.62. The molecule has 0 aromatic carbocycles. The predicted octanol–water partition coefficient (Wildman–Crippen LogP) is 3.68. The molecule has 1 N–H and O–H groups in total. The van der Waals surface area contributed by atoms with Crippen molar-refractivity contribution >= 4 is 49.7 Å². The fourth-order valence-electron chi connectivity index (χ4n) is 1.44. The highest BCUT2D eigenvalue weighted by Crippen LogP contribution is 2.23. The molecule has 2 aromatic heterocycles. The molecule has 7 heteroatoms. The zero-order valence-electron chi connectivity index (χ0n) is 10.3. The summed E-state index contributed by atoms with van der Waals surface area (Å²) in [6.45, 7) is 2.94. The molecule has 2 rings (SSSR count). The van der Waals surface area contributed by atoms with Crippen LogP contribution in [0.25, 0.3) is 0 Å². The zero-order chi connectivity index (χ0) is 13.7. The molecule has 0 spiro atoms. The number of thiazole rings is 1. The highest BCUT2D eigenvalue weighted by molar-refractivity contribution is 9.11. The second-order valence-electron chi connectivity index (χ2n) is 3.69. The van der Waals surface area contributed by atoms with E-state index in [4.69, 9.17) is 4.74 Å². The lowest BCUT2D eigenvalue weighted by Crippen LogP contribution is -2.07. The van der Waals surface area contributed by atoms with Gasteiger partial charge in [0.25, 0.3) is 0 Å². The summed E-state index contributed by atoms with van der Waals surface area (Å²) in [5.41, 5.74) is 0.748. The highest BCUT2D eigenvalue weighted by Gasteiger charge is 2.08. The third kappa shape index (κ3) is 4.59. The number of nitrogens with zero attached hydrogens (tertiary/aromatic N) is 1. The molecule has 2 heterocycles. The summed E-state index contributed by atoms with van der Waals surface area (Å²) in [5.74, 6) is -0.235. The fourth-order valence-corrected chi connectivity index (χ4v) is 3.57. The number of thiophene rings is 1. The number of carbonyl (C=O) groups is 1. The average Bonchev–Trinajstić information content (AvgIpc) is 2.96. The molecule has 0 unspecified atom stereocenters. The summed E-state index contributed by atoms with van der Waals surface area (Å²) in [6, 6.07) is 4.09. The Morgan fingerprint density at radius 2 is 2.37 bits per heavy atom. The maximum atomic E-state index is 11.3. The summed E-state index contributed by atoms with van der Waals surface area (Å²) in [5, 5.41) is 5.95. The van der Waals surface area contributed by atoms with Crippen molar-refractivity contribution in [3.8, 4) is 0 Å². The topological polar surface area (TPSA) is 51.2 Å². The van der Waals surface area contributed by atoms with Gasteiger partial charge in [0.1, 0.15) is 0 Å². The summed E-state index contributed by atoms with van der Waals surface area (Å²) in [7, 11) is 0. The normalized spacial score (nSPS) is 10.4. The average molecular weight is 361 g/mol. The molecule has 19 heavy (non-hydrogen) atoms. The molecule has 2 aromatic rings. The molecule has 0 radical (unpaired) electrons. The van der Waals surface area contributed by atoms with E-state index in [9.17, 15) is 4.79 Å². The summed E-state index contributed by atoms with van der Waals surface area (Å²) < 4.78 is 6.01. The van der Waals surface area contributed by atoms with Crippen LogP contribution in [0.3, 0.4) is 0 Å². The van der Waals surface area contributed by atoms with Crippen molar-refractivity contribution in [3.63, 3.8) is 0 Å². The van der Waals surface area contributed by atoms with E-state index < -0.39 is 0 Å². The second kappa shape index (κ2) is 7.02. The SMILES string of the molecule is CCOC(=O)Cc1csc(NCc2ccc(Br)s2)n1. The first-order valence-electron chi connectivity index (χ1n) is 5.75. The van der Waals surface area contributed by atoms with Gasteiger partial charge in [-0.15, -0.1) is 22.7 Å². The van der Waals surface area contributed by atoms with Crippen LogP contribution >= 0.6 is 38.6 Å². The Kier molecular flexibility index (Phi) is 5.35.